The van der Waals surface area contributed by atoms with Gasteiger partial charge in [-0.2, -0.15) is 0 Å². The average molecular weight is 430 g/mol. The maximum atomic E-state index is 14.3. The SMILES string of the molecule is COc1cc2ncnc(Nc3cccc(Cl)c3F)c2cc1CNC(=O)[C@H]1CCCN1. The van der Waals surface area contributed by atoms with E-state index in [-0.39, 0.29) is 29.2 Å². The Morgan fingerprint density at radius 3 is 3.00 bits per heavy atom. The minimum atomic E-state index is -0.559. The van der Waals surface area contributed by atoms with E-state index in [0.29, 0.717) is 22.5 Å². The van der Waals surface area contributed by atoms with E-state index in [2.05, 4.69) is 25.9 Å². The van der Waals surface area contributed by atoms with Crippen molar-refractivity contribution < 1.29 is 13.9 Å². The molecule has 156 valence electrons. The van der Waals surface area contributed by atoms with Gasteiger partial charge in [-0.3, -0.25) is 4.79 Å². The van der Waals surface area contributed by atoms with Gasteiger partial charge in [-0.05, 0) is 37.6 Å². The number of carbonyl (C=O) groups excluding carboxylic acids is 1. The molecule has 0 saturated carbocycles. The van der Waals surface area contributed by atoms with Crippen molar-refractivity contribution >= 4 is 39.9 Å². The number of carbonyl (C=O) groups is 1. The van der Waals surface area contributed by atoms with E-state index in [1.165, 1.54) is 12.4 Å². The van der Waals surface area contributed by atoms with E-state index in [0.717, 1.165) is 24.9 Å². The van der Waals surface area contributed by atoms with Crippen molar-refractivity contribution in [1.29, 1.82) is 0 Å². The number of nitrogens with one attached hydrogen (secondary N) is 3. The zero-order valence-electron chi connectivity index (χ0n) is 16.3. The van der Waals surface area contributed by atoms with Gasteiger partial charge in [0.25, 0.3) is 0 Å². The van der Waals surface area contributed by atoms with Gasteiger partial charge in [0.1, 0.15) is 17.9 Å². The number of halogens is 2. The second-order valence-electron chi connectivity index (χ2n) is 7.00. The van der Waals surface area contributed by atoms with Crippen LogP contribution in [0, 0.1) is 5.82 Å². The monoisotopic (exact) mass is 429 g/mol. The lowest BCUT2D eigenvalue weighted by Crippen LogP contribution is -2.40. The molecule has 1 aliphatic heterocycles. The second-order valence-corrected chi connectivity index (χ2v) is 7.40. The number of nitrogens with zero attached hydrogens (tertiary/aromatic N) is 2. The van der Waals surface area contributed by atoms with Crippen LogP contribution in [0.4, 0.5) is 15.9 Å². The van der Waals surface area contributed by atoms with E-state index in [1.54, 1.807) is 25.3 Å². The predicted molar refractivity (Wildman–Crippen MR) is 114 cm³/mol. The van der Waals surface area contributed by atoms with Crippen LogP contribution in [0.25, 0.3) is 10.9 Å². The normalized spacial score (nSPS) is 15.9. The highest BCUT2D eigenvalue weighted by molar-refractivity contribution is 6.31. The van der Waals surface area contributed by atoms with E-state index in [9.17, 15) is 9.18 Å². The molecular weight excluding hydrogens is 409 g/mol. The van der Waals surface area contributed by atoms with Crippen LogP contribution in [0.1, 0.15) is 18.4 Å². The summed E-state index contributed by atoms with van der Waals surface area (Å²) in [7, 11) is 1.56. The van der Waals surface area contributed by atoms with Gasteiger partial charge in [-0.15, -0.1) is 0 Å². The Balaban J connectivity index is 1.64. The molecule has 0 unspecified atom stereocenters. The van der Waals surface area contributed by atoms with E-state index in [4.69, 9.17) is 16.3 Å². The quantitative estimate of drug-likeness (QED) is 0.555. The Morgan fingerprint density at radius 1 is 1.37 bits per heavy atom. The van der Waals surface area contributed by atoms with Crippen LogP contribution in [0.3, 0.4) is 0 Å². The van der Waals surface area contributed by atoms with Gasteiger partial charge < -0.3 is 20.7 Å². The van der Waals surface area contributed by atoms with Crippen LogP contribution < -0.4 is 20.7 Å². The molecule has 2 heterocycles. The fourth-order valence-electron chi connectivity index (χ4n) is 3.50. The first-order chi connectivity index (χ1) is 14.6. The minimum absolute atomic E-state index is 0.0176. The first kappa shape index (κ1) is 20.3. The molecule has 0 spiro atoms. The van der Waals surface area contributed by atoms with Gasteiger partial charge in [0.15, 0.2) is 5.82 Å². The Hall–Kier alpha value is -2.97. The summed E-state index contributed by atoms with van der Waals surface area (Å²) in [5.41, 5.74) is 1.60. The lowest BCUT2D eigenvalue weighted by atomic mass is 10.1. The molecule has 1 saturated heterocycles. The van der Waals surface area contributed by atoms with Gasteiger partial charge in [0.2, 0.25) is 5.91 Å². The van der Waals surface area contributed by atoms with Crippen molar-refractivity contribution in [3.05, 3.63) is 53.1 Å². The second kappa shape index (κ2) is 8.81. The predicted octanol–water partition coefficient (Wildman–Crippen LogP) is 3.54. The molecule has 4 rings (SSSR count). The summed E-state index contributed by atoms with van der Waals surface area (Å²) in [5.74, 6) is 0.420. The fraction of sp³-hybridized carbons (Fsp3) is 0.286. The maximum absolute atomic E-state index is 14.3. The van der Waals surface area contributed by atoms with Crippen LogP contribution in [-0.4, -0.2) is 35.6 Å². The molecular formula is C21H21ClFN5O2. The Bertz CT molecular complexity index is 1090. The summed E-state index contributed by atoms with van der Waals surface area (Å²) < 4.78 is 19.8. The maximum Gasteiger partial charge on any atom is 0.237 e. The van der Waals surface area contributed by atoms with Crippen molar-refractivity contribution in [2.24, 2.45) is 0 Å². The van der Waals surface area contributed by atoms with Gasteiger partial charge in [-0.25, -0.2) is 14.4 Å². The zero-order valence-corrected chi connectivity index (χ0v) is 17.1. The third-order valence-corrected chi connectivity index (χ3v) is 5.36. The molecule has 1 aromatic heterocycles. The van der Waals surface area contributed by atoms with Gasteiger partial charge in [-0.1, -0.05) is 17.7 Å². The number of hydrogen-bond donors (Lipinski definition) is 3. The third-order valence-electron chi connectivity index (χ3n) is 5.07. The molecule has 3 aromatic rings. The topological polar surface area (TPSA) is 88.2 Å². The Labute approximate surface area is 178 Å². The molecule has 30 heavy (non-hydrogen) atoms. The molecule has 0 aliphatic carbocycles. The average Bonchev–Trinajstić information content (AvgIpc) is 3.30. The molecule has 1 amide bonds. The first-order valence-corrected chi connectivity index (χ1v) is 9.98. The van der Waals surface area contributed by atoms with Crippen LogP contribution in [-0.2, 0) is 11.3 Å². The largest absolute Gasteiger partial charge is 0.496 e. The highest BCUT2D eigenvalue weighted by atomic mass is 35.5. The molecule has 1 fully saturated rings. The number of rotatable bonds is 6. The van der Waals surface area contributed by atoms with Crippen LogP contribution in [0.2, 0.25) is 5.02 Å². The number of amides is 1. The minimum Gasteiger partial charge on any atom is -0.496 e. The lowest BCUT2D eigenvalue weighted by molar-refractivity contribution is -0.122. The molecule has 7 nitrogen and oxygen atoms in total. The third kappa shape index (κ3) is 4.15. The Morgan fingerprint density at radius 2 is 2.23 bits per heavy atom. The molecule has 1 atom stereocenters. The standard InChI is InChI=1S/C21H21ClFN5O2/c1-30-18-9-17-13(8-12(18)10-25-21(29)16-6-3-7-24-16)20(27-11-26-17)28-15-5-2-4-14(22)19(15)23/h2,4-5,8-9,11,16,24H,3,6-7,10H2,1H3,(H,25,29)(H,26,27,28)/t16-/m1/s1. The summed E-state index contributed by atoms with van der Waals surface area (Å²) in [6.07, 6.45) is 3.21. The fourth-order valence-corrected chi connectivity index (χ4v) is 3.67. The number of ether oxygens (including phenoxy) is 1. The van der Waals surface area contributed by atoms with Crippen molar-refractivity contribution in [2.75, 3.05) is 19.0 Å². The summed E-state index contributed by atoms with van der Waals surface area (Å²) in [6.45, 7) is 1.14. The Kier molecular flexibility index (Phi) is 5.96. The number of fused-ring (bicyclic) bond motifs is 1. The van der Waals surface area contributed by atoms with E-state index >= 15 is 0 Å². The summed E-state index contributed by atoms with van der Waals surface area (Å²) in [4.78, 5) is 20.9. The van der Waals surface area contributed by atoms with Gasteiger partial charge in [0, 0.05) is 23.6 Å². The van der Waals surface area contributed by atoms with Crippen molar-refractivity contribution in [2.45, 2.75) is 25.4 Å². The smallest absolute Gasteiger partial charge is 0.237 e. The van der Waals surface area contributed by atoms with Crippen molar-refractivity contribution in [3.8, 4) is 5.75 Å². The molecule has 0 bridgehead atoms. The van der Waals surface area contributed by atoms with Crippen molar-refractivity contribution in [1.82, 2.24) is 20.6 Å². The summed E-state index contributed by atoms with van der Waals surface area (Å²) in [5, 5.41) is 9.79. The molecule has 3 N–H and O–H groups in total. The summed E-state index contributed by atoms with van der Waals surface area (Å²) >= 11 is 5.88. The molecule has 2 aromatic carbocycles. The molecule has 9 heteroatoms. The van der Waals surface area contributed by atoms with Gasteiger partial charge in [0.05, 0.1) is 29.4 Å². The van der Waals surface area contributed by atoms with Crippen LogP contribution in [0.5, 0.6) is 5.75 Å². The number of aromatic nitrogens is 2. The van der Waals surface area contributed by atoms with Gasteiger partial charge >= 0.3 is 0 Å². The molecule has 1 aliphatic rings. The highest BCUT2D eigenvalue weighted by Crippen LogP contribution is 2.31. The van der Waals surface area contributed by atoms with Crippen LogP contribution >= 0.6 is 11.6 Å². The van der Waals surface area contributed by atoms with Crippen LogP contribution in [0.15, 0.2) is 36.7 Å². The number of hydrogen-bond acceptors (Lipinski definition) is 6. The lowest BCUT2D eigenvalue weighted by Gasteiger charge is -2.15. The number of methoxy groups -OCH3 is 1. The van der Waals surface area contributed by atoms with E-state index in [1.807, 2.05) is 6.07 Å². The highest BCUT2D eigenvalue weighted by Gasteiger charge is 2.22. The zero-order chi connectivity index (χ0) is 21.1. The molecule has 0 radical (unpaired) electrons. The summed E-state index contributed by atoms with van der Waals surface area (Å²) in [6, 6.07) is 8.15. The van der Waals surface area contributed by atoms with E-state index < -0.39 is 5.82 Å². The first-order valence-electron chi connectivity index (χ1n) is 9.60. The van der Waals surface area contributed by atoms with Crippen molar-refractivity contribution in [3.63, 3.8) is 0 Å². The number of benzene rings is 2. The number of anilines is 2.